The molecule has 5 rings (SSSR count). The number of piperazine rings is 1. The molecule has 2 aromatic carbocycles. The van der Waals surface area contributed by atoms with Crippen LogP contribution < -0.4 is 5.56 Å². The molecule has 2 aromatic heterocycles. The van der Waals surface area contributed by atoms with Crippen molar-refractivity contribution in [1.82, 2.24) is 19.4 Å². The molecule has 1 fully saturated rings. The maximum Gasteiger partial charge on any atom is 0.265 e. The standard InChI is InChI=1S/C28H28N4O2/c1-21-9-11-23(12-10-21)20-32-26-24(8-5-13-29-26)18-25(28(32)34)27(33)31-16-14-30(15-17-31)19-22-6-3-2-4-7-22/h2-13,18H,14-17,19-20H2,1H3. The molecule has 6 nitrogen and oxygen atoms in total. The Labute approximate surface area is 199 Å². The summed E-state index contributed by atoms with van der Waals surface area (Å²) >= 11 is 0. The van der Waals surface area contributed by atoms with Crippen LogP contribution in [0.15, 0.2) is 83.8 Å². The Morgan fingerprint density at radius 1 is 0.853 bits per heavy atom. The molecule has 3 heterocycles. The Kier molecular flexibility index (Phi) is 6.23. The lowest BCUT2D eigenvalue weighted by Crippen LogP contribution is -2.49. The highest BCUT2D eigenvalue weighted by molar-refractivity contribution is 5.97. The second-order valence-electron chi connectivity index (χ2n) is 8.91. The van der Waals surface area contributed by atoms with Crippen LogP contribution in [0.1, 0.15) is 27.0 Å². The third-order valence-electron chi connectivity index (χ3n) is 6.45. The minimum absolute atomic E-state index is 0.201. The van der Waals surface area contributed by atoms with Crippen molar-refractivity contribution < 1.29 is 4.79 Å². The third kappa shape index (κ3) is 4.63. The zero-order valence-corrected chi connectivity index (χ0v) is 19.4. The van der Waals surface area contributed by atoms with Crippen LogP contribution in [-0.2, 0) is 13.1 Å². The summed E-state index contributed by atoms with van der Waals surface area (Å²) in [6.07, 6.45) is 1.68. The molecule has 0 spiro atoms. The Hall–Kier alpha value is -3.77. The molecule has 0 unspecified atom stereocenters. The maximum atomic E-state index is 13.5. The number of aryl methyl sites for hydroxylation is 1. The summed E-state index contributed by atoms with van der Waals surface area (Å²) in [5.74, 6) is -0.201. The Balaban J connectivity index is 1.39. The molecule has 0 atom stereocenters. The first kappa shape index (κ1) is 22.0. The third-order valence-corrected chi connectivity index (χ3v) is 6.45. The van der Waals surface area contributed by atoms with Crippen molar-refractivity contribution in [2.24, 2.45) is 0 Å². The van der Waals surface area contributed by atoms with Crippen molar-refractivity contribution >= 4 is 16.9 Å². The van der Waals surface area contributed by atoms with Crippen LogP contribution in [-0.4, -0.2) is 51.4 Å². The Morgan fingerprint density at radius 3 is 2.29 bits per heavy atom. The highest BCUT2D eigenvalue weighted by atomic mass is 16.2. The number of pyridine rings is 2. The van der Waals surface area contributed by atoms with Gasteiger partial charge < -0.3 is 4.90 Å². The molecule has 0 N–H and O–H groups in total. The Bertz CT molecular complexity index is 1360. The van der Waals surface area contributed by atoms with E-state index in [-0.39, 0.29) is 17.0 Å². The first-order chi connectivity index (χ1) is 16.6. The van der Waals surface area contributed by atoms with Crippen LogP contribution in [0.2, 0.25) is 0 Å². The SMILES string of the molecule is Cc1ccc(Cn2c(=O)c(C(=O)N3CCN(Cc4ccccc4)CC3)cc3cccnc32)cc1. The van der Waals surface area contributed by atoms with E-state index >= 15 is 0 Å². The van der Waals surface area contributed by atoms with Gasteiger partial charge in [-0.2, -0.15) is 0 Å². The van der Waals surface area contributed by atoms with E-state index in [1.54, 1.807) is 21.7 Å². The molecule has 4 aromatic rings. The van der Waals surface area contributed by atoms with E-state index in [9.17, 15) is 9.59 Å². The summed E-state index contributed by atoms with van der Waals surface area (Å²) < 4.78 is 1.62. The fourth-order valence-corrected chi connectivity index (χ4v) is 4.50. The summed E-state index contributed by atoms with van der Waals surface area (Å²) in [6.45, 7) is 6.06. The van der Waals surface area contributed by atoms with E-state index < -0.39 is 0 Å². The van der Waals surface area contributed by atoms with Crippen molar-refractivity contribution in [2.45, 2.75) is 20.0 Å². The van der Waals surface area contributed by atoms with Gasteiger partial charge in [-0.05, 0) is 36.2 Å². The monoisotopic (exact) mass is 452 g/mol. The van der Waals surface area contributed by atoms with E-state index in [0.29, 0.717) is 25.3 Å². The lowest BCUT2D eigenvalue weighted by Gasteiger charge is -2.34. The van der Waals surface area contributed by atoms with Crippen LogP contribution in [0.4, 0.5) is 0 Å². The molecule has 1 amide bonds. The number of hydrogen-bond donors (Lipinski definition) is 0. The van der Waals surface area contributed by atoms with Crippen LogP contribution in [0, 0.1) is 6.92 Å². The van der Waals surface area contributed by atoms with Gasteiger partial charge in [0, 0.05) is 44.3 Å². The van der Waals surface area contributed by atoms with Gasteiger partial charge in [0.25, 0.3) is 11.5 Å². The summed E-state index contributed by atoms with van der Waals surface area (Å²) in [5, 5.41) is 0.792. The predicted molar refractivity (Wildman–Crippen MR) is 134 cm³/mol. The zero-order chi connectivity index (χ0) is 23.5. The number of carbonyl (C=O) groups is 1. The van der Waals surface area contributed by atoms with Gasteiger partial charge in [0.2, 0.25) is 0 Å². The van der Waals surface area contributed by atoms with Crippen molar-refractivity contribution in [3.8, 4) is 0 Å². The fourth-order valence-electron chi connectivity index (χ4n) is 4.50. The smallest absolute Gasteiger partial charge is 0.265 e. The molecule has 0 aliphatic carbocycles. The zero-order valence-electron chi connectivity index (χ0n) is 19.4. The molecule has 0 radical (unpaired) electrons. The molecule has 34 heavy (non-hydrogen) atoms. The molecule has 0 saturated carbocycles. The number of rotatable bonds is 5. The summed E-state index contributed by atoms with van der Waals surface area (Å²) in [6, 6.07) is 23.9. The molecule has 1 saturated heterocycles. The molecular formula is C28H28N4O2. The topological polar surface area (TPSA) is 58.4 Å². The number of carbonyl (C=O) groups excluding carboxylic acids is 1. The number of hydrogen-bond acceptors (Lipinski definition) is 4. The molecule has 1 aliphatic rings. The summed E-state index contributed by atoms with van der Waals surface area (Å²) in [5.41, 5.74) is 3.95. The summed E-state index contributed by atoms with van der Waals surface area (Å²) in [7, 11) is 0. The second-order valence-corrected chi connectivity index (χ2v) is 8.91. The van der Waals surface area contributed by atoms with Crippen LogP contribution in [0.3, 0.4) is 0 Å². The number of amides is 1. The van der Waals surface area contributed by atoms with Gasteiger partial charge in [-0.3, -0.25) is 19.1 Å². The van der Waals surface area contributed by atoms with Gasteiger partial charge in [0.05, 0.1) is 6.54 Å². The van der Waals surface area contributed by atoms with Gasteiger partial charge in [-0.1, -0.05) is 60.2 Å². The number of nitrogens with zero attached hydrogens (tertiary/aromatic N) is 4. The van der Waals surface area contributed by atoms with Gasteiger partial charge in [0.1, 0.15) is 11.2 Å². The first-order valence-corrected chi connectivity index (χ1v) is 11.7. The van der Waals surface area contributed by atoms with E-state index in [4.69, 9.17) is 0 Å². The highest BCUT2D eigenvalue weighted by Gasteiger charge is 2.25. The first-order valence-electron chi connectivity index (χ1n) is 11.7. The van der Waals surface area contributed by atoms with Gasteiger partial charge in [-0.25, -0.2) is 4.98 Å². The number of aromatic nitrogens is 2. The van der Waals surface area contributed by atoms with E-state index in [0.717, 1.165) is 36.1 Å². The second kappa shape index (κ2) is 9.61. The number of benzene rings is 2. The van der Waals surface area contributed by atoms with Crippen LogP contribution in [0.5, 0.6) is 0 Å². The lowest BCUT2D eigenvalue weighted by molar-refractivity contribution is 0.0626. The minimum Gasteiger partial charge on any atom is -0.336 e. The largest absolute Gasteiger partial charge is 0.336 e. The van der Waals surface area contributed by atoms with Crippen LogP contribution in [0.25, 0.3) is 11.0 Å². The number of fused-ring (bicyclic) bond motifs is 1. The maximum absolute atomic E-state index is 13.5. The average Bonchev–Trinajstić information content (AvgIpc) is 2.87. The Morgan fingerprint density at radius 2 is 1.56 bits per heavy atom. The van der Waals surface area contributed by atoms with Crippen LogP contribution >= 0.6 is 0 Å². The van der Waals surface area contributed by atoms with E-state index in [1.165, 1.54) is 5.56 Å². The molecule has 0 bridgehead atoms. The van der Waals surface area contributed by atoms with Crippen molar-refractivity contribution in [3.05, 3.63) is 112 Å². The quantitative estimate of drug-likeness (QED) is 0.463. The van der Waals surface area contributed by atoms with E-state index in [2.05, 4.69) is 22.0 Å². The lowest BCUT2D eigenvalue weighted by atomic mass is 10.1. The summed E-state index contributed by atoms with van der Waals surface area (Å²) in [4.78, 5) is 35.6. The van der Waals surface area contributed by atoms with Gasteiger partial charge in [-0.15, -0.1) is 0 Å². The van der Waals surface area contributed by atoms with Crippen molar-refractivity contribution in [2.75, 3.05) is 26.2 Å². The molecule has 6 heteroatoms. The molecule has 172 valence electrons. The van der Waals surface area contributed by atoms with Gasteiger partial charge in [0.15, 0.2) is 0 Å². The highest BCUT2D eigenvalue weighted by Crippen LogP contribution is 2.16. The average molecular weight is 453 g/mol. The molecule has 1 aliphatic heterocycles. The fraction of sp³-hybridized carbons (Fsp3) is 0.250. The van der Waals surface area contributed by atoms with Gasteiger partial charge >= 0.3 is 0 Å². The molecular weight excluding hydrogens is 424 g/mol. The minimum atomic E-state index is -0.288. The van der Waals surface area contributed by atoms with Crippen molar-refractivity contribution in [1.29, 1.82) is 0 Å². The van der Waals surface area contributed by atoms with E-state index in [1.807, 2.05) is 61.5 Å². The van der Waals surface area contributed by atoms with Crippen molar-refractivity contribution in [3.63, 3.8) is 0 Å². The predicted octanol–water partition coefficient (Wildman–Crippen LogP) is 3.71. The normalized spacial score (nSPS) is 14.4.